The van der Waals surface area contributed by atoms with E-state index in [1.807, 2.05) is 48.5 Å². The summed E-state index contributed by atoms with van der Waals surface area (Å²) in [6, 6.07) is 27.8. The van der Waals surface area contributed by atoms with Gasteiger partial charge in [0, 0.05) is 18.8 Å². The number of anilines is 1. The van der Waals surface area contributed by atoms with E-state index in [0.29, 0.717) is 24.5 Å². The molecule has 0 saturated carbocycles. The summed E-state index contributed by atoms with van der Waals surface area (Å²) in [6.07, 6.45) is -2.98. The summed E-state index contributed by atoms with van der Waals surface area (Å²) in [7, 11) is -4.29. The Bertz CT molecular complexity index is 1770. The third-order valence-corrected chi connectivity index (χ3v) is 7.74. The molecule has 0 aliphatic carbocycles. The number of rotatable bonds is 9. The van der Waals surface area contributed by atoms with E-state index < -0.39 is 32.2 Å². The number of nitrogens with one attached hydrogen (secondary N) is 3. The number of sulfonamides is 1. The van der Waals surface area contributed by atoms with Crippen LogP contribution in [0.2, 0.25) is 0 Å². The van der Waals surface area contributed by atoms with Crippen molar-refractivity contribution in [2.24, 2.45) is 5.84 Å². The summed E-state index contributed by atoms with van der Waals surface area (Å²) in [4.78, 5) is 11.8. The number of hydrazine groups is 1. The molecular formula is C30H30F3N5O3S. The predicted octanol–water partition coefficient (Wildman–Crippen LogP) is 5.08. The van der Waals surface area contributed by atoms with Crippen LogP contribution >= 0.6 is 0 Å². The second kappa shape index (κ2) is 13.5. The van der Waals surface area contributed by atoms with Crippen molar-refractivity contribution in [1.82, 2.24) is 15.2 Å². The number of nitrogens with zero attached hydrogens (tertiary/aromatic N) is 1. The van der Waals surface area contributed by atoms with Gasteiger partial charge in [-0.05, 0) is 60.4 Å². The minimum atomic E-state index is -4.67. The van der Waals surface area contributed by atoms with Crippen LogP contribution in [0.5, 0.6) is 0 Å². The van der Waals surface area contributed by atoms with E-state index in [1.54, 1.807) is 10.7 Å². The second-order valence-electron chi connectivity index (χ2n) is 9.38. The van der Waals surface area contributed by atoms with E-state index in [-0.39, 0.29) is 11.1 Å². The molecule has 220 valence electrons. The van der Waals surface area contributed by atoms with Crippen molar-refractivity contribution in [1.29, 1.82) is 0 Å². The molecule has 0 spiro atoms. The lowest BCUT2D eigenvalue weighted by Gasteiger charge is -2.11. The number of aromatic nitrogens is 2. The third kappa shape index (κ3) is 8.09. The maximum atomic E-state index is 12.9. The fourth-order valence-corrected chi connectivity index (χ4v) is 5.33. The molecule has 5 N–H and O–H groups in total. The SMILES string of the molecule is NNCCc1ccccc1.O=c1[nH]n(CCc2ccccc2)c2ccc(NS(=O)(=O)c3cccc(C(F)(F)F)c3)cc12. The van der Waals surface area contributed by atoms with E-state index in [9.17, 15) is 26.4 Å². The van der Waals surface area contributed by atoms with Gasteiger partial charge in [0.2, 0.25) is 0 Å². The number of aromatic amines is 1. The van der Waals surface area contributed by atoms with Gasteiger partial charge >= 0.3 is 6.18 Å². The molecule has 0 aliphatic heterocycles. The number of halogens is 3. The van der Waals surface area contributed by atoms with Gasteiger partial charge in [0.15, 0.2) is 0 Å². The van der Waals surface area contributed by atoms with Crippen LogP contribution in [0.3, 0.4) is 0 Å². The average molecular weight is 598 g/mol. The third-order valence-electron chi connectivity index (χ3n) is 6.36. The topological polar surface area (TPSA) is 122 Å². The molecule has 5 rings (SSSR count). The van der Waals surface area contributed by atoms with E-state index >= 15 is 0 Å². The monoisotopic (exact) mass is 597 g/mol. The molecule has 0 amide bonds. The van der Waals surface area contributed by atoms with E-state index in [4.69, 9.17) is 5.84 Å². The lowest BCUT2D eigenvalue weighted by atomic mass is 10.1. The van der Waals surface area contributed by atoms with Gasteiger partial charge in [-0.2, -0.15) is 13.2 Å². The number of hydrogen-bond donors (Lipinski definition) is 4. The average Bonchev–Trinajstić information content (AvgIpc) is 3.30. The van der Waals surface area contributed by atoms with Crippen LogP contribution in [-0.4, -0.2) is 24.7 Å². The number of H-pyrrole nitrogens is 1. The minimum Gasteiger partial charge on any atom is -0.284 e. The van der Waals surface area contributed by atoms with Gasteiger partial charge < -0.3 is 0 Å². The molecule has 0 aliphatic rings. The minimum absolute atomic E-state index is 0.0706. The highest BCUT2D eigenvalue weighted by molar-refractivity contribution is 7.92. The molecule has 1 heterocycles. The zero-order valence-corrected chi connectivity index (χ0v) is 23.3. The molecule has 0 fully saturated rings. The molecule has 0 saturated heterocycles. The second-order valence-corrected chi connectivity index (χ2v) is 11.1. The van der Waals surface area contributed by atoms with Gasteiger partial charge in [-0.1, -0.05) is 66.7 Å². The summed E-state index contributed by atoms with van der Waals surface area (Å²) in [5, 5.41) is 2.99. The van der Waals surface area contributed by atoms with Crippen molar-refractivity contribution in [2.45, 2.75) is 30.5 Å². The molecule has 1 aromatic heterocycles. The molecule has 8 nitrogen and oxygen atoms in total. The maximum Gasteiger partial charge on any atom is 0.416 e. The summed E-state index contributed by atoms with van der Waals surface area (Å²) in [5.41, 5.74) is 4.23. The normalized spacial score (nSPS) is 11.6. The number of alkyl halides is 3. The number of aryl methyl sites for hydroxylation is 2. The van der Waals surface area contributed by atoms with Crippen molar-refractivity contribution >= 4 is 26.6 Å². The molecule has 0 bridgehead atoms. The highest BCUT2D eigenvalue weighted by atomic mass is 32.2. The summed E-state index contributed by atoms with van der Waals surface area (Å²) >= 11 is 0. The largest absolute Gasteiger partial charge is 0.416 e. The quantitative estimate of drug-likeness (QED) is 0.139. The van der Waals surface area contributed by atoms with Crippen molar-refractivity contribution in [2.75, 3.05) is 11.3 Å². The highest BCUT2D eigenvalue weighted by Crippen LogP contribution is 2.31. The Hall–Kier alpha value is -4.39. The lowest BCUT2D eigenvalue weighted by Crippen LogP contribution is -2.24. The first-order valence-electron chi connectivity index (χ1n) is 13.0. The van der Waals surface area contributed by atoms with Crippen LogP contribution in [0.4, 0.5) is 18.9 Å². The van der Waals surface area contributed by atoms with Gasteiger partial charge in [-0.3, -0.25) is 30.6 Å². The standard InChI is InChI=1S/C22H18F3N3O3S.C8H12N2/c23-22(24,25)16-7-4-8-18(13-16)32(30,31)27-17-9-10-20-19(14-17)21(29)26-28(20)12-11-15-5-2-1-3-6-15;9-10-7-6-8-4-2-1-3-5-8/h1-10,13-14,27H,11-12H2,(H,26,29);1-5,10H,6-7,9H2. The summed E-state index contributed by atoms with van der Waals surface area (Å²) in [5.74, 6) is 5.13. The summed E-state index contributed by atoms with van der Waals surface area (Å²) in [6.45, 7) is 1.35. The highest BCUT2D eigenvalue weighted by Gasteiger charge is 2.31. The first-order valence-corrected chi connectivity index (χ1v) is 14.5. The Morgan fingerprint density at radius 1 is 0.810 bits per heavy atom. The smallest absolute Gasteiger partial charge is 0.284 e. The van der Waals surface area contributed by atoms with Gasteiger partial charge in [-0.25, -0.2) is 8.42 Å². The predicted molar refractivity (Wildman–Crippen MR) is 157 cm³/mol. The molecule has 42 heavy (non-hydrogen) atoms. The Morgan fingerprint density at radius 2 is 1.45 bits per heavy atom. The van der Waals surface area contributed by atoms with E-state index in [2.05, 4.69) is 27.4 Å². The molecule has 0 atom stereocenters. The van der Waals surface area contributed by atoms with Crippen LogP contribution in [0.15, 0.2) is 113 Å². The van der Waals surface area contributed by atoms with Crippen molar-refractivity contribution in [3.8, 4) is 0 Å². The number of benzene rings is 4. The Kier molecular flexibility index (Phi) is 9.84. The first-order chi connectivity index (χ1) is 20.1. The number of nitrogens with two attached hydrogens (primary N) is 1. The molecule has 0 radical (unpaired) electrons. The van der Waals surface area contributed by atoms with Gasteiger partial charge in [0.25, 0.3) is 15.6 Å². The van der Waals surface area contributed by atoms with Gasteiger partial charge in [-0.15, -0.1) is 0 Å². The zero-order chi connectivity index (χ0) is 30.2. The van der Waals surface area contributed by atoms with Crippen LogP contribution in [0, 0.1) is 0 Å². The molecule has 5 aromatic rings. The van der Waals surface area contributed by atoms with Crippen LogP contribution in [0.1, 0.15) is 16.7 Å². The maximum absolute atomic E-state index is 12.9. The molecule has 4 aromatic carbocycles. The van der Waals surface area contributed by atoms with E-state index in [1.165, 1.54) is 17.7 Å². The van der Waals surface area contributed by atoms with Gasteiger partial charge in [0.05, 0.1) is 21.4 Å². The van der Waals surface area contributed by atoms with Crippen LogP contribution in [-0.2, 0) is 35.6 Å². The Morgan fingerprint density at radius 3 is 2.07 bits per heavy atom. The van der Waals surface area contributed by atoms with Crippen LogP contribution < -0.4 is 21.5 Å². The fourth-order valence-electron chi connectivity index (χ4n) is 4.24. The Balaban J connectivity index is 0.000000343. The number of fused-ring (bicyclic) bond motifs is 1. The van der Waals surface area contributed by atoms with E-state index in [0.717, 1.165) is 36.7 Å². The van der Waals surface area contributed by atoms with Crippen molar-refractivity contribution in [3.63, 3.8) is 0 Å². The first kappa shape index (κ1) is 30.6. The molecular weight excluding hydrogens is 567 g/mol. The lowest BCUT2D eigenvalue weighted by molar-refractivity contribution is -0.137. The van der Waals surface area contributed by atoms with Gasteiger partial charge in [0.1, 0.15) is 0 Å². The number of hydrogen-bond acceptors (Lipinski definition) is 5. The molecule has 12 heteroatoms. The zero-order valence-electron chi connectivity index (χ0n) is 22.4. The summed E-state index contributed by atoms with van der Waals surface area (Å²) < 4.78 is 67.9. The van der Waals surface area contributed by atoms with Crippen molar-refractivity contribution in [3.05, 3.63) is 130 Å². The molecule has 0 unspecified atom stereocenters. The fraction of sp³-hybridized carbons (Fsp3) is 0.167. The van der Waals surface area contributed by atoms with Crippen LogP contribution in [0.25, 0.3) is 10.9 Å². The van der Waals surface area contributed by atoms with Crippen molar-refractivity contribution < 1.29 is 21.6 Å². The Labute approximate surface area is 241 Å².